The first-order valence-electron chi connectivity index (χ1n) is 10.1. The van der Waals surface area contributed by atoms with E-state index in [1.165, 1.54) is 6.21 Å². The molecule has 32 heavy (non-hydrogen) atoms. The maximum Gasteiger partial charge on any atom is 0.240 e. The van der Waals surface area contributed by atoms with Crippen LogP contribution in [0.2, 0.25) is 5.02 Å². The van der Waals surface area contributed by atoms with Gasteiger partial charge in [-0.15, -0.1) is 0 Å². The van der Waals surface area contributed by atoms with Crippen LogP contribution < -0.4 is 15.5 Å². The molecule has 3 aromatic carbocycles. The third-order valence-corrected chi connectivity index (χ3v) is 4.92. The van der Waals surface area contributed by atoms with Crippen LogP contribution in [-0.4, -0.2) is 18.0 Å². The molecule has 3 rings (SSSR count). The van der Waals surface area contributed by atoms with Crippen molar-refractivity contribution in [3.63, 3.8) is 0 Å². The summed E-state index contributed by atoms with van der Waals surface area (Å²) in [4.78, 5) is 23.8. The zero-order valence-electron chi connectivity index (χ0n) is 17.7. The van der Waals surface area contributed by atoms with Gasteiger partial charge in [0.15, 0.2) is 0 Å². The van der Waals surface area contributed by atoms with Crippen molar-refractivity contribution in [2.24, 2.45) is 5.10 Å². The summed E-state index contributed by atoms with van der Waals surface area (Å²) in [5, 5.41) is 7.36. The fourth-order valence-electron chi connectivity index (χ4n) is 2.75. The fraction of sp³-hybridized carbons (Fsp3) is 0.160. The molecule has 2 N–H and O–H groups in total. The molecule has 0 bridgehead atoms. The lowest BCUT2D eigenvalue weighted by Crippen LogP contribution is -2.20. The highest BCUT2D eigenvalue weighted by Crippen LogP contribution is 2.18. The summed E-state index contributed by atoms with van der Waals surface area (Å²) < 4.78 is 5.74. The number of benzene rings is 3. The van der Waals surface area contributed by atoms with Crippen molar-refractivity contribution in [1.82, 2.24) is 5.43 Å². The number of hydrazone groups is 1. The average molecular weight is 450 g/mol. The molecule has 3 aromatic rings. The van der Waals surface area contributed by atoms with Crippen molar-refractivity contribution >= 4 is 35.3 Å². The standard InChI is InChI=1S/C25H24ClN3O3/c1-18-6-10-21(11-7-18)28-24(30)14-15-25(31)29-27-16-19-8-12-22(13-9-19)32-17-20-4-2-3-5-23(20)26/h2-13,16H,14-15,17H2,1H3,(H,28,30)(H,29,31). The third-order valence-electron chi connectivity index (χ3n) is 4.55. The summed E-state index contributed by atoms with van der Waals surface area (Å²) in [5.41, 5.74) is 5.96. The van der Waals surface area contributed by atoms with Crippen molar-refractivity contribution in [1.29, 1.82) is 0 Å². The van der Waals surface area contributed by atoms with Crippen LogP contribution in [-0.2, 0) is 16.2 Å². The van der Waals surface area contributed by atoms with Crippen molar-refractivity contribution in [2.45, 2.75) is 26.4 Å². The van der Waals surface area contributed by atoms with Crippen LogP contribution >= 0.6 is 11.6 Å². The van der Waals surface area contributed by atoms with E-state index in [0.29, 0.717) is 23.1 Å². The minimum Gasteiger partial charge on any atom is -0.489 e. The molecular weight excluding hydrogens is 426 g/mol. The van der Waals surface area contributed by atoms with Gasteiger partial charge in [-0.2, -0.15) is 5.10 Å². The summed E-state index contributed by atoms with van der Waals surface area (Å²) >= 11 is 6.13. The molecule has 0 fully saturated rings. The summed E-state index contributed by atoms with van der Waals surface area (Å²) in [6.07, 6.45) is 1.65. The Morgan fingerprint density at radius 3 is 2.34 bits per heavy atom. The number of hydrogen-bond donors (Lipinski definition) is 2. The maximum atomic E-state index is 11.9. The second kappa shape index (κ2) is 11.7. The van der Waals surface area contributed by atoms with Gasteiger partial charge in [0.25, 0.3) is 0 Å². The number of nitrogens with zero attached hydrogens (tertiary/aromatic N) is 1. The summed E-state index contributed by atoms with van der Waals surface area (Å²) in [5.74, 6) is 0.144. The highest BCUT2D eigenvalue weighted by Gasteiger charge is 2.07. The third kappa shape index (κ3) is 7.56. The van der Waals surface area contributed by atoms with E-state index in [-0.39, 0.29) is 24.7 Å². The minimum absolute atomic E-state index is 0.0455. The van der Waals surface area contributed by atoms with Crippen LogP contribution in [0, 0.1) is 6.92 Å². The van der Waals surface area contributed by atoms with Gasteiger partial charge in [-0.3, -0.25) is 9.59 Å². The van der Waals surface area contributed by atoms with Crippen molar-refractivity contribution in [3.8, 4) is 5.75 Å². The van der Waals surface area contributed by atoms with Crippen LogP contribution in [0.4, 0.5) is 5.69 Å². The minimum atomic E-state index is -0.333. The second-order valence-electron chi connectivity index (χ2n) is 7.16. The molecule has 7 heteroatoms. The molecule has 0 atom stereocenters. The van der Waals surface area contributed by atoms with Crippen molar-refractivity contribution in [2.75, 3.05) is 5.32 Å². The van der Waals surface area contributed by atoms with Crippen LogP contribution in [0.1, 0.15) is 29.5 Å². The molecule has 0 heterocycles. The van der Waals surface area contributed by atoms with E-state index in [1.54, 1.807) is 0 Å². The van der Waals surface area contributed by atoms with Crippen molar-refractivity contribution in [3.05, 3.63) is 94.5 Å². The van der Waals surface area contributed by atoms with E-state index in [9.17, 15) is 9.59 Å². The predicted octanol–water partition coefficient (Wildman–Crippen LogP) is 5.10. The molecule has 0 spiro atoms. The van der Waals surface area contributed by atoms with Crippen molar-refractivity contribution < 1.29 is 14.3 Å². The summed E-state index contributed by atoms with van der Waals surface area (Å²) in [7, 11) is 0. The number of carbonyl (C=O) groups is 2. The fourth-order valence-corrected chi connectivity index (χ4v) is 2.94. The first kappa shape index (κ1) is 23.0. The summed E-state index contributed by atoms with van der Waals surface area (Å²) in [6.45, 7) is 2.35. The second-order valence-corrected chi connectivity index (χ2v) is 7.56. The maximum absolute atomic E-state index is 11.9. The van der Waals surface area contributed by atoms with Gasteiger partial charge < -0.3 is 10.1 Å². The lowest BCUT2D eigenvalue weighted by Gasteiger charge is -2.07. The van der Waals surface area contributed by atoms with Gasteiger partial charge in [0.2, 0.25) is 11.8 Å². The molecule has 164 valence electrons. The van der Waals surface area contributed by atoms with E-state index >= 15 is 0 Å². The highest BCUT2D eigenvalue weighted by molar-refractivity contribution is 6.31. The Kier molecular flexibility index (Phi) is 8.40. The number of halogens is 1. The molecule has 0 saturated carbocycles. The normalized spacial score (nSPS) is 10.7. The average Bonchev–Trinajstić information content (AvgIpc) is 2.80. The molecule has 6 nitrogen and oxygen atoms in total. The van der Waals surface area contributed by atoms with Gasteiger partial charge in [0.1, 0.15) is 12.4 Å². The Balaban J connectivity index is 1.38. The molecule has 0 radical (unpaired) electrons. The largest absolute Gasteiger partial charge is 0.489 e. The number of hydrogen-bond acceptors (Lipinski definition) is 4. The smallest absolute Gasteiger partial charge is 0.240 e. The van der Waals surface area contributed by atoms with E-state index in [2.05, 4.69) is 15.8 Å². The first-order valence-corrected chi connectivity index (χ1v) is 10.5. The molecule has 0 aliphatic rings. The molecule has 0 aliphatic heterocycles. The monoisotopic (exact) mass is 449 g/mol. The lowest BCUT2D eigenvalue weighted by atomic mass is 10.2. The number of aryl methyl sites for hydroxylation is 1. The Labute approximate surface area is 192 Å². The number of rotatable bonds is 9. The van der Waals surface area contributed by atoms with Gasteiger partial charge in [-0.25, -0.2) is 5.43 Å². The van der Waals surface area contributed by atoms with Gasteiger partial charge >= 0.3 is 0 Å². The Morgan fingerprint density at radius 2 is 1.62 bits per heavy atom. The number of amides is 2. The zero-order chi connectivity index (χ0) is 22.8. The van der Waals surface area contributed by atoms with Gasteiger partial charge in [0, 0.05) is 29.1 Å². The molecule has 0 saturated heterocycles. The highest BCUT2D eigenvalue weighted by atomic mass is 35.5. The quantitative estimate of drug-likeness (QED) is 0.352. The number of nitrogens with one attached hydrogen (secondary N) is 2. The lowest BCUT2D eigenvalue weighted by molar-refractivity contribution is -0.124. The Bertz CT molecular complexity index is 1080. The number of carbonyl (C=O) groups excluding carboxylic acids is 2. The predicted molar refractivity (Wildman–Crippen MR) is 127 cm³/mol. The molecular formula is C25H24ClN3O3. The van der Waals surface area contributed by atoms with Gasteiger partial charge in [-0.1, -0.05) is 47.5 Å². The first-order chi connectivity index (χ1) is 15.5. The van der Waals surface area contributed by atoms with Crippen LogP contribution in [0.3, 0.4) is 0 Å². The van der Waals surface area contributed by atoms with Gasteiger partial charge in [0.05, 0.1) is 6.21 Å². The zero-order valence-corrected chi connectivity index (χ0v) is 18.4. The Hall–Kier alpha value is -3.64. The topological polar surface area (TPSA) is 79.8 Å². The summed E-state index contributed by atoms with van der Waals surface area (Å²) in [6, 6.07) is 22.3. The number of anilines is 1. The van der Waals surface area contributed by atoms with E-state index in [1.807, 2.05) is 79.7 Å². The molecule has 0 aliphatic carbocycles. The number of ether oxygens (including phenoxy) is 1. The van der Waals surface area contributed by atoms with Gasteiger partial charge in [-0.05, 0) is 55.0 Å². The van der Waals surface area contributed by atoms with Crippen LogP contribution in [0.25, 0.3) is 0 Å². The Morgan fingerprint density at radius 1 is 0.938 bits per heavy atom. The molecule has 0 aromatic heterocycles. The molecule has 2 amide bonds. The van der Waals surface area contributed by atoms with E-state index < -0.39 is 0 Å². The van der Waals surface area contributed by atoms with E-state index in [0.717, 1.165) is 16.7 Å². The molecule has 0 unspecified atom stereocenters. The van der Waals surface area contributed by atoms with Crippen LogP contribution in [0.15, 0.2) is 77.9 Å². The van der Waals surface area contributed by atoms with Crippen LogP contribution in [0.5, 0.6) is 5.75 Å². The van der Waals surface area contributed by atoms with E-state index in [4.69, 9.17) is 16.3 Å². The SMILES string of the molecule is Cc1ccc(NC(=O)CCC(=O)NN=Cc2ccc(OCc3ccccc3Cl)cc2)cc1.